The molecule has 0 radical (unpaired) electrons. The molecule has 3 heteroatoms. The van der Waals surface area contributed by atoms with Gasteiger partial charge in [0.2, 0.25) is 0 Å². The lowest BCUT2D eigenvalue weighted by Crippen LogP contribution is -2.06. The van der Waals surface area contributed by atoms with Gasteiger partial charge in [0.1, 0.15) is 5.69 Å². The molecule has 0 aliphatic heterocycles. The Bertz CT molecular complexity index is 256. The maximum Gasteiger partial charge on any atom is 0.180 e. The molecule has 0 atom stereocenters. The highest BCUT2D eigenvalue weighted by Gasteiger charge is 2.10. The minimum atomic E-state index is 0.155. The van der Waals surface area contributed by atoms with Crippen molar-refractivity contribution >= 4 is 5.78 Å². The van der Waals surface area contributed by atoms with Crippen molar-refractivity contribution in [3.8, 4) is 0 Å². The third-order valence-electron chi connectivity index (χ3n) is 1.71. The minimum absolute atomic E-state index is 0.155. The quantitative estimate of drug-likeness (QED) is 0.599. The zero-order valence-corrected chi connectivity index (χ0v) is 7.09. The Morgan fingerprint density at radius 3 is 2.73 bits per heavy atom. The Morgan fingerprint density at radius 2 is 2.36 bits per heavy atom. The molecule has 1 aromatic rings. The van der Waals surface area contributed by atoms with Crippen LogP contribution in [0.4, 0.5) is 0 Å². The van der Waals surface area contributed by atoms with E-state index in [0.29, 0.717) is 6.42 Å². The zero-order chi connectivity index (χ0) is 8.43. The fraction of sp³-hybridized carbons (Fsp3) is 0.500. The Morgan fingerprint density at radius 1 is 1.73 bits per heavy atom. The second-order valence-electron chi connectivity index (χ2n) is 2.58. The summed E-state index contributed by atoms with van der Waals surface area (Å²) in [7, 11) is 1.79. The fourth-order valence-corrected chi connectivity index (χ4v) is 1.12. The van der Waals surface area contributed by atoms with Gasteiger partial charge in [0.25, 0.3) is 0 Å². The Kier molecular flexibility index (Phi) is 2.08. The molecule has 0 unspecified atom stereocenters. The predicted octanol–water partition coefficient (Wildman–Crippen LogP) is 1.32. The van der Waals surface area contributed by atoms with Crippen molar-refractivity contribution in [1.29, 1.82) is 0 Å². The van der Waals surface area contributed by atoms with Crippen LogP contribution in [0.2, 0.25) is 0 Å². The predicted molar refractivity (Wildman–Crippen MR) is 42.6 cm³/mol. The number of aromatic nitrogens is 2. The van der Waals surface area contributed by atoms with E-state index in [9.17, 15) is 4.79 Å². The van der Waals surface area contributed by atoms with Crippen LogP contribution < -0.4 is 0 Å². The third-order valence-corrected chi connectivity index (χ3v) is 1.71. The number of Topliss-reactive ketones (excluding diaryl/α,β-unsaturated/α-hetero) is 1. The molecular formula is C8H12N2O. The average Bonchev–Trinajstić information content (AvgIpc) is 2.30. The highest BCUT2D eigenvalue weighted by Crippen LogP contribution is 2.07. The van der Waals surface area contributed by atoms with Crippen LogP contribution in [0.3, 0.4) is 0 Å². The molecule has 3 nitrogen and oxygen atoms in total. The van der Waals surface area contributed by atoms with E-state index in [1.54, 1.807) is 17.9 Å². The molecule has 0 fully saturated rings. The summed E-state index contributed by atoms with van der Waals surface area (Å²) in [6, 6.07) is 0. The highest BCUT2D eigenvalue weighted by molar-refractivity contribution is 5.95. The van der Waals surface area contributed by atoms with Crippen LogP contribution in [-0.4, -0.2) is 15.6 Å². The maximum atomic E-state index is 11.3. The van der Waals surface area contributed by atoms with E-state index < -0.39 is 0 Å². The summed E-state index contributed by atoms with van der Waals surface area (Å²) >= 11 is 0. The Hall–Kier alpha value is -1.12. The Labute approximate surface area is 66.0 Å². The van der Waals surface area contributed by atoms with Gasteiger partial charge in [0, 0.05) is 13.5 Å². The monoisotopic (exact) mass is 152 g/mol. The SMILES string of the molecule is CCC(=O)c1c(C)cnn1C. The van der Waals surface area contributed by atoms with E-state index in [1.165, 1.54) is 0 Å². The van der Waals surface area contributed by atoms with Crippen molar-refractivity contribution in [3.05, 3.63) is 17.5 Å². The van der Waals surface area contributed by atoms with Gasteiger partial charge in [-0.3, -0.25) is 9.48 Å². The first-order valence-corrected chi connectivity index (χ1v) is 3.68. The van der Waals surface area contributed by atoms with E-state index in [4.69, 9.17) is 0 Å². The molecule has 1 heterocycles. The Balaban J connectivity index is 3.10. The molecule has 0 spiro atoms. The number of nitrogens with zero attached hydrogens (tertiary/aromatic N) is 2. The summed E-state index contributed by atoms with van der Waals surface area (Å²) < 4.78 is 1.63. The first-order chi connectivity index (χ1) is 5.16. The summed E-state index contributed by atoms with van der Waals surface area (Å²) in [5.74, 6) is 0.155. The molecule has 1 rings (SSSR count). The molecule has 0 saturated carbocycles. The number of hydrogen-bond acceptors (Lipinski definition) is 2. The lowest BCUT2D eigenvalue weighted by Gasteiger charge is -1.98. The number of carbonyl (C=O) groups is 1. The largest absolute Gasteiger partial charge is 0.292 e. The van der Waals surface area contributed by atoms with Gasteiger partial charge in [-0.25, -0.2) is 0 Å². The molecular weight excluding hydrogens is 140 g/mol. The van der Waals surface area contributed by atoms with Gasteiger partial charge in [-0.2, -0.15) is 5.10 Å². The number of aryl methyl sites for hydroxylation is 2. The van der Waals surface area contributed by atoms with Crippen LogP contribution in [-0.2, 0) is 7.05 Å². The van der Waals surface area contributed by atoms with E-state index in [0.717, 1.165) is 11.3 Å². The second kappa shape index (κ2) is 2.86. The molecule has 11 heavy (non-hydrogen) atoms. The van der Waals surface area contributed by atoms with Crippen LogP contribution in [0.25, 0.3) is 0 Å². The van der Waals surface area contributed by atoms with Crippen molar-refractivity contribution in [3.63, 3.8) is 0 Å². The van der Waals surface area contributed by atoms with E-state index in [2.05, 4.69) is 5.10 Å². The average molecular weight is 152 g/mol. The van der Waals surface area contributed by atoms with Gasteiger partial charge in [-0.15, -0.1) is 0 Å². The standard InChI is InChI=1S/C8H12N2O/c1-4-7(11)8-6(2)5-9-10(8)3/h5H,4H2,1-3H3. The fourth-order valence-electron chi connectivity index (χ4n) is 1.12. The molecule has 60 valence electrons. The molecule has 0 N–H and O–H groups in total. The summed E-state index contributed by atoms with van der Waals surface area (Å²) in [6.07, 6.45) is 2.25. The number of carbonyl (C=O) groups excluding carboxylic acids is 1. The molecule has 0 amide bonds. The normalized spacial score (nSPS) is 10.1. The summed E-state index contributed by atoms with van der Waals surface area (Å²) in [5, 5.41) is 3.98. The topological polar surface area (TPSA) is 34.9 Å². The van der Waals surface area contributed by atoms with Crippen LogP contribution >= 0.6 is 0 Å². The minimum Gasteiger partial charge on any atom is -0.292 e. The molecule has 0 aliphatic rings. The van der Waals surface area contributed by atoms with Crippen LogP contribution in [0.5, 0.6) is 0 Å². The highest BCUT2D eigenvalue weighted by atomic mass is 16.1. The molecule has 0 saturated heterocycles. The zero-order valence-electron chi connectivity index (χ0n) is 7.09. The van der Waals surface area contributed by atoms with Crippen molar-refractivity contribution in [2.24, 2.45) is 7.05 Å². The number of ketones is 1. The van der Waals surface area contributed by atoms with Crippen molar-refractivity contribution < 1.29 is 4.79 Å². The number of rotatable bonds is 2. The van der Waals surface area contributed by atoms with Gasteiger partial charge in [-0.1, -0.05) is 6.92 Å². The number of hydrogen-bond donors (Lipinski definition) is 0. The van der Waals surface area contributed by atoms with E-state index in [-0.39, 0.29) is 5.78 Å². The summed E-state index contributed by atoms with van der Waals surface area (Å²) in [4.78, 5) is 11.3. The van der Waals surface area contributed by atoms with Gasteiger partial charge in [0.05, 0.1) is 6.20 Å². The van der Waals surface area contributed by atoms with Gasteiger partial charge < -0.3 is 0 Å². The molecule has 1 aromatic heterocycles. The van der Waals surface area contributed by atoms with E-state index >= 15 is 0 Å². The smallest absolute Gasteiger partial charge is 0.180 e. The van der Waals surface area contributed by atoms with E-state index in [1.807, 2.05) is 13.8 Å². The maximum absolute atomic E-state index is 11.3. The second-order valence-corrected chi connectivity index (χ2v) is 2.58. The third kappa shape index (κ3) is 1.31. The van der Waals surface area contributed by atoms with Crippen LogP contribution in [0, 0.1) is 6.92 Å². The van der Waals surface area contributed by atoms with Crippen molar-refractivity contribution in [2.45, 2.75) is 20.3 Å². The lowest BCUT2D eigenvalue weighted by molar-refractivity contribution is 0.0978. The van der Waals surface area contributed by atoms with Gasteiger partial charge in [-0.05, 0) is 12.5 Å². The first-order valence-electron chi connectivity index (χ1n) is 3.68. The molecule has 0 aromatic carbocycles. The van der Waals surface area contributed by atoms with Crippen molar-refractivity contribution in [2.75, 3.05) is 0 Å². The van der Waals surface area contributed by atoms with Crippen LogP contribution in [0.15, 0.2) is 6.20 Å². The van der Waals surface area contributed by atoms with Gasteiger partial charge in [0.15, 0.2) is 5.78 Å². The van der Waals surface area contributed by atoms with Crippen molar-refractivity contribution in [1.82, 2.24) is 9.78 Å². The first kappa shape index (κ1) is 7.98. The lowest BCUT2D eigenvalue weighted by atomic mass is 10.1. The van der Waals surface area contributed by atoms with Crippen LogP contribution in [0.1, 0.15) is 29.4 Å². The van der Waals surface area contributed by atoms with Gasteiger partial charge >= 0.3 is 0 Å². The summed E-state index contributed by atoms with van der Waals surface area (Å²) in [5.41, 5.74) is 1.69. The summed E-state index contributed by atoms with van der Waals surface area (Å²) in [6.45, 7) is 3.75. The molecule has 0 bridgehead atoms. The molecule has 0 aliphatic carbocycles.